The van der Waals surface area contributed by atoms with E-state index >= 15 is 0 Å². The Labute approximate surface area is 126 Å². The van der Waals surface area contributed by atoms with Gasteiger partial charge in [-0.3, -0.25) is 0 Å². The molecule has 1 aromatic heterocycles. The summed E-state index contributed by atoms with van der Waals surface area (Å²) >= 11 is 3.73. The Morgan fingerprint density at radius 1 is 1.42 bits per heavy atom. The van der Waals surface area contributed by atoms with Gasteiger partial charge in [-0.2, -0.15) is 11.8 Å². The third-order valence-electron chi connectivity index (χ3n) is 2.88. The molecule has 19 heavy (non-hydrogen) atoms. The lowest BCUT2D eigenvalue weighted by Gasteiger charge is -2.14. The van der Waals surface area contributed by atoms with Crippen LogP contribution in [0.4, 0.5) is 5.13 Å². The van der Waals surface area contributed by atoms with Crippen molar-refractivity contribution in [3.8, 4) is 0 Å². The number of thioether (sulfide) groups is 1. The molecule has 1 heterocycles. The highest BCUT2D eigenvalue weighted by atomic mass is 32.2. The summed E-state index contributed by atoms with van der Waals surface area (Å²) in [5, 5.41) is 4.67. The van der Waals surface area contributed by atoms with Crippen LogP contribution in [0.3, 0.4) is 0 Å². The van der Waals surface area contributed by atoms with Crippen LogP contribution >= 0.6 is 23.1 Å². The van der Waals surface area contributed by atoms with Gasteiger partial charge in [-0.1, -0.05) is 27.2 Å². The topological polar surface area (TPSA) is 28.2 Å². The van der Waals surface area contributed by atoms with Crippen molar-refractivity contribution < 1.29 is 0 Å². The molecule has 1 rings (SSSR count). The van der Waals surface area contributed by atoms with Crippen molar-refractivity contribution in [3.63, 3.8) is 0 Å². The molecule has 0 aliphatic heterocycles. The standard InChI is InChI=1S/C14H27N3S2/c1-6-7-12-13(10-15-11(2)3)19-14(16-12)17(4)8-9-18-5/h11,15H,6-10H2,1-5H3. The van der Waals surface area contributed by atoms with E-state index in [4.69, 9.17) is 4.98 Å². The monoisotopic (exact) mass is 301 g/mol. The van der Waals surface area contributed by atoms with Crippen LogP contribution in [0, 0.1) is 0 Å². The smallest absolute Gasteiger partial charge is 0.185 e. The molecule has 0 aliphatic rings. The van der Waals surface area contributed by atoms with E-state index in [-0.39, 0.29) is 0 Å². The van der Waals surface area contributed by atoms with Crippen LogP contribution in [-0.2, 0) is 13.0 Å². The van der Waals surface area contributed by atoms with E-state index in [9.17, 15) is 0 Å². The number of aromatic nitrogens is 1. The van der Waals surface area contributed by atoms with Gasteiger partial charge in [0.15, 0.2) is 5.13 Å². The van der Waals surface area contributed by atoms with Crippen LogP contribution in [0.25, 0.3) is 0 Å². The number of nitrogens with zero attached hydrogens (tertiary/aromatic N) is 2. The van der Waals surface area contributed by atoms with Gasteiger partial charge in [0.2, 0.25) is 0 Å². The molecule has 0 unspecified atom stereocenters. The normalized spacial score (nSPS) is 11.3. The SMILES string of the molecule is CCCc1nc(N(C)CCSC)sc1CNC(C)C. The third-order valence-corrected chi connectivity index (χ3v) is 4.68. The molecule has 0 atom stereocenters. The van der Waals surface area contributed by atoms with Crippen molar-refractivity contribution in [1.29, 1.82) is 0 Å². The molecule has 0 bridgehead atoms. The molecule has 0 aliphatic carbocycles. The van der Waals surface area contributed by atoms with Crippen LogP contribution in [0.5, 0.6) is 0 Å². The number of anilines is 1. The third kappa shape index (κ3) is 5.71. The minimum Gasteiger partial charge on any atom is -0.350 e. The fourth-order valence-electron chi connectivity index (χ4n) is 1.72. The maximum atomic E-state index is 4.83. The van der Waals surface area contributed by atoms with Crippen LogP contribution in [0.2, 0.25) is 0 Å². The zero-order valence-electron chi connectivity index (χ0n) is 12.8. The number of aryl methyl sites for hydroxylation is 1. The summed E-state index contributed by atoms with van der Waals surface area (Å²) in [7, 11) is 2.14. The Hall–Kier alpha value is -0.260. The van der Waals surface area contributed by atoms with E-state index in [0.717, 1.165) is 36.8 Å². The molecule has 1 aromatic rings. The predicted octanol–water partition coefficient (Wildman–Crippen LogP) is 3.39. The quantitative estimate of drug-likeness (QED) is 0.757. The van der Waals surface area contributed by atoms with Gasteiger partial charge in [0.1, 0.15) is 0 Å². The average Bonchev–Trinajstić information content (AvgIpc) is 2.77. The van der Waals surface area contributed by atoms with Gasteiger partial charge in [-0.15, -0.1) is 11.3 Å². The lowest BCUT2D eigenvalue weighted by Crippen LogP contribution is -2.21. The van der Waals surface area contributed by atoms with Crippen LogP contribution in [-0.4, -0.2) is 36.6 Å². The maximum Gasteiger partial charge on any atom is 0.185 e. The Morgan fingerprint density at radius 2 is 2.16 bits per heavy atom. The van der Waals surface area contributed by atoms with Crippen molar-refractivity contribution in [3.05, 3.63) is 10.6 Å². The molecule has 1 N–H and O–H groups in total. The summed E-state index contributed by atoms with van der Waals surface area (Å²) < 4.78 is 0. The van der Waals surface area contributed by atoms with Gasteiger partial charge in [-0.05, 0) is 12.7 Å². The number of rotatable bonds is 9. The molecular formula is C14H27N3S2. The summed E-state index contributed by atoms with van der Waals surface area (Å²) in [5.74, 6) is 1.15. The number of hydrogen-bond donors (Lipinski definition) is 1. The first kappa shape index (κ1) is 16.8. The molecule has 0 spiro atoms. The second kappa shape index (κ2) is 8.82. The van der Waals surface area contributed by atoms with Crippen LogP contribution < -0.4 is 10.2 Å². The van der Waals surface area contributed by atoms with Crippen molar-refractivity contribution in [1.82, 2.24) is 10.3 Å². The average molecular weight is 302 g/mol. The molecule has 0 radical (unpaired) electrons. The minimum atomic E-state index is 0.522. The molecule has 3 nitrogen and oxygen atoms in total. The Morgan fingerprint density at radius 3 is 2.74 bits per heavy atom. The van der Waals surface area contributed by atoms with Crippen molar-refractivity contribution in [2.75, 3.05) is 30.5 Å². The lowest BCUT2D eigenvalue weighted by molar-refractivity contribution is 0.589. The highest BCUT2D eigenvalue weighted by molar-refractivity contribution is 7.98. The van der Waals surface area contributed by atoms with E-state index in [0.29, 0.717) is 6.04 Å². The molecule has 0 amide bonds. The van der Waals surface area contributed by atoms with Crippen molar-refractivity contribution in [2.24, 2.45) is 0 Å². The summed E-state index contributed by atoms with van der Waals surface area (Å²) in [6.45, 7) is 8.60. The van der Waals surface area contributed by atoms with E-state index in [2.05, 4.69) is 44.3 Å². The summed E-state index contributed by atoms with van der Waals surface area (Å²) in [4.78, 5) is 8.51. The second-order valence-corrected chi connectivity index (χ2v) is 7.11. The first-order chi connectivity index (χ1) is 9.08. The predicted molar refractivity (Wildman–Crippen MR) is 89.7 cm³/mol. The highest BCUT2D eigenvalue weighted by Crippen LogP contribution is 2.26. The van der Waals surface area contributed by atoms with Crippen LogP contribution in [0.1, 0.15) is 37.8 Å². The summed E-state index contributed by atoms with van der Waals surface area (Å²) in [6, 6.07) is 0.522. The van der Waals surface area contributed by atoms with Gasteiger partial charge in [-0.25, -0.2) is 4.98 Å². The van der Waals surface area contributed by atoms with Crippen LogP contribution in [0.15, 0.2) is 0 Å². The first-order valence-corrected chi connectivity index (χ1v) is 9.21. The Balaban J connectivity index is 2.74. The number of hydrogen-bond acceptors (Lipinski definition) is 5. The Kier molecular flexibility index (Phi) is 7.80. The largest absolute Gasteiger partial charge is 0.350 e. The van der Waals surface area contributed by atoms with E-state index in [1.165, 1.54) is 10.6 Å². The molecule has 5 heteroatoms. The van der Waals surface area contributed by atoms with Gasteiger partial charge in [0, 0.05) is 36.8 Å². The fraction of sp³-hybridized carbons (Fsp3) is 0.786. The zero-order chi connectivity index (χ0) is 14.3. The maximum absolute atomic E-state index is 4.83. The summed E-state index contributed by atoms with van der Waals surface area (Å²) in [6.07, 6.45) is 4.39. The van der Waals surface area contributed by atoms with Gasteiger partial charge >= 0.3 is 0 Å². The van der Waals surface area contributed by atoms with Gasteiger partial charge < -0.3 is 10.2 Å². The molecule has 110 valence electrons. The summed E-state index contributed by atoms with van der Waals surface area (Å²) in [5.41, 5.74) is 1.28. The molecule has 0 fully saturated rings. The molecular weight excluding hydrogens is 274 g/mol. The van der Waals surface area contributed by atoms with Crippen molar-refractivity contribution in [2.45, 2.75) is 46.2 Å². The van der Waals surface area contributed by atoms with Gasteiger partial charge in [0.05, 0.1) is 5.69 Å². The van der Waals surface area contributed by atoms with E-state index < -0.39 is 0 Å². The molecule has 0 saturated heterocycles. The molecule has 0 aromatic carbocycles. The number of nitrogens with one attached hydrogen (secondary N) is 1. The molecule has 0 saturated carbocycles. The van der Waals surface area contributed by atoms with Gasteiger partial charge in [0.25, 0.3) is 0 Å². The zero-order valence-corrected chi connectivity index (χ0v) is 14.5. The highest BCUT2D eigenvalue weighted by Gasteiger charge is 2.13. The fourth-order valence-corrected chi connectivity index (χ4v) is 3.22. The van der Waals surface area contributed by atoms with E-state index in [1.807, 2.05) is 23.1 Å². The number of thiazole rings is 1. The first-order valence-electron chi connectivity index (χ1n) is 7.00. The second-order valence-electron chi connectivity index (χ2n) is 5.07. The minimum absolute atomic E-state index is 0.522. The van der Waals surface area contributed by atoms with E-state index in [1.54, 1.807) is 0 Å². The van der Waals surface area contributed by atoms with Crippen molar-refractivity contribution >= 4 is 28.2 Å². The lowest BCUT2D eigenvalue weighted by atomic mass is 10.2. The Bertz CT molecular complexity index is 364.